The Morgan fingerprint density at radius 2 is 1.75 bits per heavy atom. The van der Waals surface area contributed by atoms with Crippen molar-refractivity contribution >= 4 is 0 Å². The molecule has 2 heterocycles. The molecule has 0 saturated carbocycles. The summed E-state index contributed by atoms with van der Waals surface area (Å²) < 4.78 is 0. The van der Waals surface area contributed by atoms with E-state index >= 15 is 0 Å². The molecule has 0 aromatic carbocycles. The molecule has 0 bridgehead atoms. The van der Waals surface area contributed by atoms with Crippen LogP contribution in [-0.2, 0) is 0 Å². The molecule has 0 spiro atoms. The van der Waals surface area contributed by atoms with E-state index < -0.39 is 0 Å². The van der Waals surface area contributed by atoms with Crippen molar-refractivity contribution in [2.24, 2.45) is 0 Å². The second kappa shape index (κ2) is 6.02. The first-order valence-electron chi connectivity index (χ1n) is 7.33. The van der Waals surface area contributed by atoms with E-state index in [0.717, 1.165) is 12.1 Å². The molecular weight excluding hydrogens is 196 g/mol. The number of fused-ring (bicyclic) bond motifs is 1. The summed E-state index contributed by atoms with van der Waals surface area (Å²) in [6.45, 7) is 10.1. The Morgan fingerprint density at radius 3 is 2.50 bits per heavy atom. The Morgan fingerprint density at radius 1 is 1.00 bits per heavy atom. The van der Waals surface area contributed by atoms with E-state index in [4.69, 9.17) is 0 Å². The number of nitrogens with zero attached hydrogens (tertiary/aromatic N) is 2. The van der Waals surface area contributed by atoms with Crippen molar-refractivity contribution in [1.82, 2.24) is 9.80 Å². The summed E-state index contributed by atoms with van der Waals surface area (Å²) in [7, 11) is 0. The van der Waals surface area contributed by atoms with Gasteiger partial charge >= 0.3 is 0 Å². The van der Waals surface area contributed by atoms with Gasteiger partial charge in [-0.25, -0.2) is 0 Å². The molecule has 2 heteroatoms. The van der Waals surface area contributed by atoms with E-state index in [1.165, 1.54) is 64.7 Å². The van der Waals surface area contributed by atoms with Gasteiger partial charge in [0.2, 0.25) is 0 Å². The quantitative estimate of drug-likeness (QED) is 0.727. The fraction of sp³-hybridized carbons (Fsp3) is 1.00. The third kappa shape index (κ3) is 2.78. The Hall–Kier alpha value is -0.0800. The van der Waals surface area contributed by atoms with Gasteiger partial charge in [-0.1, -0.05) is 20.3 Å². The maximum absolute atomic E-state index is 2.77. The number of hydrogen-bond acceptors (Lipinski definition) is 2. The molecule has 0 aromatic heterocycles. The standard InChI is InChI=1S/C14H28N2/c1-3-13(4-2)16-11-7-10-15-9-6-5-8-14(15)12-16/h13-14H,3-12H2,1-2H3. The molecule has 0 aliphatic carbocycles. The van der Waals surface area contributed by atoms with E-state index in [0.29, 0.717) is 0 Å². The summed E-state index contributed by atoms with van der Waals surface area (Å²) in [5.41, 5.74) is 0. The van der Waals surface area contributed by atoms with Crippen LogP contribution in [-0.4, -0.2) is 48.1 Å². The largest absolute Gasteiger partial charge is 0.299 e. The molecule has 0 N–H and O–H groups in total. The van der Waals surface area contributed by atoms with Gasteiger partial charge in [0, 0.05) is 18.6 Å². The van der Waals surface area contributed by atoms with E-state index in [2.05, 4.69) is 23.6 Å². The summed E-state index contributed by atoms with van der Waals surface area (Å²) >= 11 is 0. The van der Waals surface area contributed by atoms with Gasteiger partial charge in [0.25, 0.3) is 0 Å². The van der Waals surface area contributed by atoms with Crippen LogP contribution >= 0.6 is 0 Å². The SMILES string of the molecule is CCC(CC)N1CCCN2CCCCC2C1. The molecule has 1 atom stereocenters. The van der Waals surface area contributed by atoms with E-state index in [-0.39, 0.29) is 0 Å². The zero-order valence-electron chi connectivity index (χ0n) is 11.1. The van der Waals surface area contributed by atoms with E-state index in [1.54, 1.807) is 0 Å². The molecule has 2 saturated heterocycles. The molecule has 94 valence electrons. The minimum atomic E-state index is 0.835. The predicted octanol–water partition coefficient (Wildman–Crippen LogP) is 2.74. The minimum absolute atomic E-state index is 0.835. The van der Waals surface area contributed by atoms with Gasteiger partial charge in [-0.3, -0.25) is 9.80 Å². The highest BCUT2D eigenvalue weighted by Gasteiger charge is 2.28. The van der Waals surface area contributed by atoms with Crippen LogP contribution in [0.15, 0.2) is 0 Å². The van der Waals surface area contributed by atoms with Crippen molar-refractivity contribution in [3.8, 4) is 0 Å². The van der Waals surface area contributed by atoms with Crippen LogP contribution in [0.3, 0.4) is 0 Å². The summed E-state index contributed by atoms with van der Waals surface area (Å²) in [6.07, 6.45) is 8.36. The topological polar surface area (TPSA) is 6.48 Å². The van der Waals surface area contributed by atoms with Crippen molar-refractivity contribution in [2.45, 2.75) is 64.5 Å². The lowest BCUT2D eigenvalue weighted by atomic mass is 10.0. The van der Waals surface area contributed by atoms with Crippen molar-refractivity contribution in [1.29, 1.82) is 0 Å². The lowest BCUT2D eigenvalue weighted by Crippen LogP contribution is -2.46. The number of rotatable bonds is 3. The predicted molar refractivity (Wildman–Crippen MR) is 69.8 cm³/mol. The smallest absolute Gasteiger partial charge is 0.0223 e. The number of hydrogen-bond donors (Lipinski definition) is 0. The first-order chi connectivity index (χ1) is 7.85. The summed E-state index contributed by atoms with van der Waals surface area (Å²) in [6, 6.07) is 1.71. The summed E-state index contributed by atoms with van der Waals surface area (Å²) in [4.78, 5) is 5.53. The van der Waals surface area contributed by atoms with Gasteiger partial charge < -0.3 is 0 Å². The monoisotopic (exact) mass is 224 g/mol. The third-order valence-electron chi connectivity index (χ3n) is 4.54. The molecular formula is C14H28N2. The maximum Gasteiger partial charge on any atom is 0.0223 e. The molecule has 0 radical (unpaired) electrons. The molecule has 2 rings (SSSR count). The second-order valence-electron chi connectivity index (χ2n) is 5.50. The zero-order valence-corrected chi connectivity index (χ0v) is 11.1. The maximum atomic E-state index is 2.77. The highest BCUT2D eigenvalue weighted by molar-refractivity contribution is 4.85. The highest BCUT2D eigenvalue weighted by atomic mass is 15.3. The Bertz CT molecular complexity index is 201. The molecule has 2 aliphatic heterocycles. The first-order valence-corrected chi connectivity index (χ1v) is 7.33. The first kappa shape index (κ1) is 12.4. The van der Waals surface area contributed by atoms with Crippen molar-refractivity contribution < 1.29 is 0 Å². The Balaban J connectivity index is 1.96. The highest BCUT2D eigenvalue weighted by Crippen LogP contribution is 2.23. The summed E-state index contributed by atoms with van der Waals surface area (Å²) in [5, 5.41) is 0. The van der Waals surface area contributed by atoms with Crippen LogP contribution in [0.4, 0.5) is 0 Å². The zero-order chi connectivity index (χ0) is 11.4. The van der Waals surface area contributed by atoms with Crippen molar-refractivity contribution in [3.63, 3.8) is 0 Å². The fourth-order valence-electron chi connectivity index (χ4n) is 3.54. The molecule has 2 nitrogen and oxygen atoms in total. The van der Waals surface area contributed by atoms with Crippen LogP contribution in [0.2, 0.25) is 0 Å². The number of piperidine rings is 1. The van der Waals surface area contributed by atoms with Crippen LogP contribution in [0.25, 0.3) is 0 Å². The minimum Gasteiger partial charge on any atom is -0.299 e. The van der Waals surface area contributed by atoms with E-state index in [9.17, 15) is 0 Å². The Kier molecular flexibility index (Phi) is 4.66. The molecule has 0 aromatic rings. The second-order valence-corrected chi connectivity index (χ2v) is 5.50. The summed E-state index contributed by atoms with van der Waals surface area (Å²) in [5.74, 6) is 0. The third-order valence-corrected chi connectivity index (χ3v) is 4.54. The molecule has 2 fully saturated rings. The van der Waals surface area contributed by atoms with Gasteiger partial charge in [0.05, 0.1) is 0 Å². The molecule has 2 aliphatic rings. The van der Waals surface area contributed by atoms with E-state index in [1.807, 2.05) is 0 Å². The normalized spacial score (nSPS) is 29.1. The fourth-order valence-corrected chi connectivity index (χ4v) is 3.54. The molecule has 16 heavy (non-hydrogen) atoms. The van der Waals surface area contributed by atoms with Crippen molar-refractivity contribution in [2.75, 3.05) is 26.2 Å². The Labute approximate surface area is 101 Å². The average molecular weight is 224 g/mol. The lowest BCUT2D eigenvalue weighted by Gasteiger charge is -2.37. The van der Waals surface area contributed by atoms with Gasteiger partial charge in [-0.05, 0) is 51.7 Å². The molecule has 1 unspecified atom stereocenters. The molecule has 0 amide bonds. The van der Waals surface area contributed by atoms with Gasteiger partial charge in [0.15, 0.2) is 0 Å². The van der Waals surface area contributed by atoms with Crippen LogP contribution in [0.5, 0.6) is 0 Å². The lowest BCUT2D eigenvalue weighted by molar-refractivity contribution is 0.116. The van der Waals surface area contributed by atoms with Crippen LogP contribution in [0.1, 0.15) is 52.4 Å². The van der Waals surface area contributed by atoms with Crippen molar-refractivity contribution in [3.05, 3.63) is 0 Å². The average Bonchev–Trinajstić information content (AvgIpc) is 2.53. The van der Waals surface area contributed by atoms with Gasteiger partial charge in [-0.15, -0.1) is 0 Å². The van der Waals surface area contributed by atoms with Crippen LogP contribution in [0, 0.1) is 0 Å². The van der Waals surface area contributed by atoms with Gasteiger partial charge in [-0.2, -0.15) is 0 Å². The van der Waals surface area contributed by atoms with Crippen LogP contribution < -0.4 is 0 Å². The van der Waals surface area contributed by atoms with Gasteiger partial charge in [0.1, 0.15) is 0 Å².